The normalized spacial score (nSPS) is 10.6. The number of aromatic nitrogens is 1. The average Bonchev–Trinajstić information content (AvgIpc) is 2.53. The van der Waals surface area contributed by atoms with Crippen LogP contribution >= 0.6 is 11.6 Å². The predicted octanol–water partition coefficient (Wildman–Crippen LogP) is 5.17. The van der Waals surface area contributed by atoms with Crippen LogP contribution in [0.5, 0.6) is 0 Å². The second-order valence-corrected chi connectivity index (χ2v) is 5.07. The van der Waals surface area contributed by atoms with Gasteiger partial charge in [-0.25, -0.2) is 4.98 Å². The molecule has 2 aromatic carbocycles. The van der Waals surface area contributed by atoms with Crippen molar-refractivity contribution in [3.05, 3.63) is 72.0 Å². The van der Waals surface area contributed by atoms with E-state index in [1.54, 1.807) is 13.3 Å². The topological polar surface area (TPSA) is 22.1 Å². The maximum absolute atomic E-state index is 6.24. The summed E-state index contributed by atoms with van der Waals surface area (Å²) in [7, 11) is 1.62. The lowest BCUT2D eigenvalue weighted by Gasteiger charge is -2.11. The Labute approximate surface area is 128 Å². The molecule has 0 fully saturated rings. The molecule has 0 N–H and O–H groups in total. The van der Waals surface area contributed by atoms with Crippen molar-refractivity contribution in [2.75, 3.05) is 7.11 Å². The molecule has 0 saturated heterocycles. The SMILES string of the molecule is C=C(OC)c1ccc2cccc(-c3cccnc3Cl)c2c1. The Bertz CT molecular complexity index is 826. The van der Waals surface area contributed by atoms with Crippen molar-refractivity contribution in [2.45, 2.75) is 0 Å². The van der Waals surface area contributed by atoms with Crippen LogP contribution in [-0.4, -0.2) is 12.1 Å². The zero-order valence-corrected chi connectivity index (χ0v) is 12.4. The summed E-state index contributed by atoms with van der Waals surface area (Å²) in [5.41, 5.74) is 2.93. The standard InChI is InChI=1S/C18H14ClNO/c1-12(21-2)14-9-8-13-5-3-6-15(17(13)11-14)16-7-4-10-20-18(16)19/h3-11H,1H2,2H3. The Morgan fingerprint density at radius 1 is 1.10 bits per heavy atom. The zero-order chi connectivity index (χ0) is 14.8. The molecule has 3 aromatic rings. The average molecular weight is 296 g/mol. The van der Waals surface area contributed by atoms with Crippen LogP contribution in [0.15, 0.2) is 61.3 Å². The van der Waals surface area contributed by atoms with Gasteiger partial charge in [-0.15, -0.1) is 0 Å². The van der Waals surface area contributed by atoms with Crippen LogP contribution in [0.3, 0.4) is 0 Å². The molecule has 1 heterocycles. The van der Waals surface area contributed by atoms with Crippen LogP contribution in [-0.2, 0) is 4.74 Å². The van der Waals surface area contributed by atoms with Crippen LogP contribution in [0.25, 0.3) is 27.7 Å². The second kappa shape index (κ2) is 5.58. The van der Waals surface area contributed by atoms with Gasteiger partial charge in [0.15, 0.2) is 0 Å². The first-order valence-corrected chi connectivity index (χ1v) is 6.95. The summed E-state index contributed by atoms with van der Waals surface area (Å²) in [6.07, 6.45) is 1.69. The van der Waals surface area contributed by atoms with Crippen molar-refractivity contribution in [1.82, 2.24) is 4.98 Å². The van der Waals surface area contributed by atoms with E-state index in [1.807, 2.05) is 30.3 Å². The molecule has 3 heteroatoms. The van der Waals surface area contributed by atoms with E-state index in [4.69, 9.17) is 16.3 Å². The van der Waals surface area contributed by atoms with Crippen molar-refractivity contribution < 1.29 is 4.74 Å². The summed E-state index contributed by atoms with van der Waals surface area (Å²) in [4.78, 5) is 4.16. The highest BCUT2D eigenvalue weighted by molar-refractivity contribution is 6.32. The number of benzene rings is 2. The van der Waals surface area contributed by atoms with E-state index in [9.17, 15) is 0 Å². The van der Waals surface area contributed by atoms with Crippen molar-refractivity contribution >= 4 is 28.1 Å². The van der Waals surface area contributed by atoms with E-state index < -0.39 is 0 Å². The molecule has 3 rings (SSSR count). The molecule has 104 valence electrons. The summed E-state index contributed by atoms with van der Waals surface area (Å²) in [5.74, 6) is 0.643. The molecule has 0 aliphatic carbocycles. The first kappa shape index (κ1) is 13.7. The van der Waals surface area contributed by atoms with E-state index in [0.717, 1.165) is 27.5 Å². The second-order valence-electron chi connectivity index (χ2n) is 4.71. The number of halogens is 1. The van der Waals surface area contributed by atoms with Crippen molar-refractivity contribution in [1.29, 1.82) is 0 Å². The fourth-order valence-electron chi connectivity index (χ4n) is 2.39. The molecule has 0 amide bonds. The molecule has 1 aromatic heterocycles. The first-order chi connectivity index (χ1) is 10.2. The molecular weight excluding hydrogens is 282 g/mol. The highest BCUT2D eigenvalue weighted by Crippen LogP contribution is 2.33. The van der Waals surface area contributed by atoms with Crippen LogP contribution in [0.4, 0.5) is 0 Å². The van der Waals surface area contributed by atoms with Gasteiger partial charge in [-0.3, -0.25) is 0 Å². The van der Waals surface area contributed by atoms with E-state index >= 15 is 0 Å². The van der Waals surface area contributed by atoms with Crippen LogP contribution in [0.2, 0.25) is 5.15 Å². The van der Waals surface area contributed by atoms with E-state index in [1.165, 1.54) is 0 Å². The number of hydrogen-bond acceptors (Lipinski definition) is 2. The highest BCUT2D eigenvalue weighted by atomic mass is 35.5. The van der Waals surface area contributed by atoms with Crippen LogP contribution in [0, 0.1) is 0 Å². The van der Waals surface area contributed by atoms with Gasteiger partial charge < -0.3 is 4.74 Å². The first-order valence-electron chi connectivity index (χ1n) is 6.57. The quantitative estimate of drug-likeness (QED) is 0.491. The van der Waals surface area contributed by atoms with Gasteiger partial charge in [0.1, 0.15) is 10.9 Å². The molecule has 0 atom stereocenters. The van der Waals surface area contributed by atoms with Crippen molar-refractivity contribution in [3.63, 3.8) is 0 Å². The highest BCUT2D eigenvalue weighted by Gasteiger charge is 2.09. The predicted molar refractivity (Wildman–Crippen MR) is 88.2 cm³/mol. The third kappa shape index (κ3) is 2.50. The molecule has 2 nitrogen and oxygen atoms in total. The van der Waals surface area contributed by atoms with Crippen LogP contribution < -0.4 is 0 Å². The third-order valence-corrected chi connectivity index (χ3v) is 3.80. The van der Waals surface area contributed by atoms with Gasteiger partial charge in [0.2, 0.25) is 0 Å². The molecule has 0 aliphatic rings. The monoisotopic (exact) mass is 295 g/mol. The minimum atomic E-state index is 0.501. The molecule has 0 aliphatic heterocycles. The van der Waals surface area contributed by atoms with Gasteiger partial charge >= 0.3 is 0 Å². The van der Waals surface area contributed by atoms with Gasteiger partial charge in [-0.1, -0.05) is 48.5 Å². The molecule has 0 radical (unpaired) electrons. The van der Waals surface area contributed by atoms with Gasteiger partial charge in [-0.05, 0) is 34.5 Å². The molecule has 21 heavy (non-hydrogen) atoms. The Morgan fingerprint density at radius 3 is 2.67 bits per heavy atom. The summed E-state index contributed by atoms with van der Waals surface area (Å²) in [6.45, 7) is 3.91. The summed E-state index contributed by atoms with van der Waals surface area (Å²) >= 11 is 6.24. The summed E-state index contributed by atoms with van der Waals surface area (Å²) in [6, 6.07) is 16.1. The largest absolute Gasteiger partial charge is 0.497 e. The number of nitrogens with zero attached hydrogens (tertiary/aromatic N) is 1. The smallest absolute Gasteiger partial charge is 0.136 e. The molecule has 0 saturated carbocycles. The van der Waals surface area contributed by atoms with E-state index in [-0.39, 0.29) is 0 Å². The Morgan fingerprint density at radius 2 is 1.90 bits per heavy atom. The summed E-state index contributed by atoms with van der Waals surface area (Å²) in [5, 5.41) is 2.74. The lowest BCUT2D eigenvalue weighted by Crippen LogP contribution is -1.88. The Balaban J connectivity index is 2.28. The third-order valence-electron chi connectivity index (χ3n) is 3.50. The fourth-order valence-corrected chi connectivity index (χ4v) is 2.61. The summed E-state index contributed by atoms with van der Waals surface area (Å²) < 4.78 is 5.22. The molecule has 0 spiro atoms. The van der Waals surface area contributed by atoms with E-state index in [0.29, 0.717) is 10.9 Å². The van der Waals surface area contributed by atoms with Crippen molar-refractivity contribution in [3.8, 4) is 11.1 Å². The fraction of sp³-hybridized carbons (Fsp3) is 0.0556. The van der Waals surface area contributed by atoms with Gasteiger partial charge in [0, 0.05) is 17.3 Å². The number of rotatable bonds is 3. The number of pyridine rings is 1. The molecule has 0 unspecified atom stereocenters. The minimum Gasteiger partial charge on any atom is -0.497 e. The number of hydrogen-bond donors (Lipinski definition) is 0. The van der Waals surface area contributed by atoms with Gasteiger partial charge in [0.05, 0.1) is 7.11 Å². The number of ether oxygens (including phenoxy) is 1. The van der Waals surface area contributed by atoms with Crippen LogP contribution in [0.1, 0.15) is 5.56 Å². The maximum atomic E-state index is 6.24. The maximum Gasteiger partial charge on any atom is 0.136 e. The lowest BCUT2D eigenvalue weighted by molar-refractivity contribution is 0.371. The Kier molecular flexibility index (Phi) is 3.63. The van der Waals surface area contributed by atoms with Crippen molar-refractivity contribution in [2.24, 2.45) is 0 Å². The number of methoxy groups -OCH3 is 1. The van der Waals surface area contributed by atoms with E-state index in [2.05, 4.69) is 29.8 Å². The van der Waals surface area contributed by atoms with Gasteiger partial charge in [-0.2, -0.15) is 0 Å². The Hall–Kier alpha value is -2.32. The minimum absolute atomic E-state index is 0.501. The lowest BCUT2D eigenvalue weighted by atomic mass is 9.97. The van der Waals surface area contributed by atoms with Gasteiger partial charge in [0.25, 0.3) is 0 Å². The molecular formula is C18H14ClNO. The zero-order valence-electron chi connectivity index (χ0n) is 11.6. The number of fused-ring (bicyclic) bond motifs is 1. The molecule has 0 bridgehead atoms.